The Hall–Kier alpha value is -0.650. The van der Waals surface area contributed by atoms with Crippen LogP contribution in [0, 0.1) is 0 Å². The third-order valence-corrected chi connectivity index (χ3v) is 3.76. The Bertz CT molecular complexity index is 442. The number of ether oxygens (including phenoxy) is 1. The fourth-order valence-corrected chi connectivity index (χ4v) is 2.65. The molecule has 2 N–H and O–H groups in total. The van der Waals surface area contributed by atoms with Crippen LogP contribution in [0.2, 0.25) is 0 Å². The average Bonchev–Trinajstić information content (AvgIpc) is 2.78. The Balaban J connectivity index is 0.00000162. The summed E-state index contributed by atoms with van der Waals surface area (Å²) >= 11 is 1.62. The zero-order chi connectivity index (χ0) is 12.1. The molecule has 3 nitrogen and oxygen atoms in total. The molecular weight excluding hydrogens is 270 g/mol. The summed E-state index contributed by atoms with van der Waals surface area (Å²) in [5, 5.41) is 14.2. The van der Waals surface area contributed by atoms with Gasteiger partial charge in [0.2, 0.25) is 0 Å². The van der Waals surface area contributed by atoms with Crippen molar-refractivity contribution in [3.8, 4) is 0 Å². The lowest BCUT2D eigenvalue weighted by atomic mass is 10.2. The van der Waals surface area contributed by atoms with E-state index in [2.05, 4.69) is 17.4 Å². The molecule has 100 valence electrons. The first kappa shape index (κ1) is 15.4. The number of hydrogen-bond acceptors (Lipinski definition) is 4. The molecule has 0 aliphatic heterocycles. The van der Waals surface area contributed by atoms with Gasteiger partial charge < -0.3 is 15.2 Å². The SMILES string of the molecule is CNCCOCC(O)c1cc2ccccc2s1.Cl. The summed E-state index contributed by atoms with van der Waals surface area (Å²) in [6.45, 7) is 1.78. The second kappa shape index (κ2) is 7.71. The van der Waals surface area contributed by atoms with E-state index in [1.165, 1.54) is 10.1 Å². The van der Waals surface area contributed by atoms with E-state index < -0.39 is 6.10 Å². The molecule has 1 heterocycles. The molecule has 0 bridgehead atoms. The minimum Gasteiger partial charge on any atom is -0.385 e. The Morgan fingerprint density at radius 1 is 1.39 bits per heavy atom. The normalized spacial score (nSPS) is 12.3. The summed E-state index contributed by atoms with van der Waals surface area (Å²) in [6.07, 6.45) is -0.524. The number of rotatable bonds is 6. The van der Waals surface area contributed by atoms with Crippen LogP contribution in [-0.4, -0.2) is 31.9 Å². The van der Waals surface area contributed by atoms with Crippen molar-refractivity contribution in [1.29, 1.82) is 0 Å². The highest BCUT2D eigenvalue weighted by atomic mass is 35.5. The molecule has 0 aliphatic rings. The van der Waals surface area contributed by atoms with E-state index in [-0.39, 0.29) is 12.4 Å². The van der Waals surface area contributed by atoms with E-state index in [1.54, 1.807) is 11.3 Å². The number of thiophene rings is 1. The number of hydrogen-bond donors (Lipinski definition) is 2. The topological polar surface area (TPSA) is 41.5 Å². The van der Waals surface area contributed by atoms with Gasteiger partial charge in [0.1, 0.15) is 6.10 Å². The van der Waals surface area contributed by atoms with E-state index in [0.29, 0.717) is 13.2 Å². The molecule has 0 aliphatic carbocycles. The lowest BCUT2D eigenvalue weighted by Gasteiger charge is -2.08. The zero-order valence-corrected chi connectivity index (χ0v) is 11.9. The first-order valence-electron chi connectivity index (χ1n) is 5.70. The highest BCUT2D eigenvalue weighted by Crippen LogP contribution is 2.29. The standard InChI is InChI=1S/C13H17NO2S.ClH/c1-14-6-7-16-9-11(15)13-8-10-4-2-3-5-12(10)17-13;/h2-5,8,11,14-15H,6-7,9H2,1H3;1H. The molecule has 0 saturated carbocycles. The van der Waals surface area contributed by atoms with E-state index in [1.807, 2.05) is 25.2 Å². The molecule has 2 rings (SSSR count). The molecule has 1 unspecified atom stereocenters. The number of nitrogens with one attached hydrogen (secondary N) is 1. The van der Waals surface area contributed by atoms with Gasteiger partial charge in [0.25, 0.3) is 0 Å². The summed E-state index contributed by atoms with van der Waals surface area (Å²) in [5.74, 6) is 0. The fourth-order valence-electron chi connectivity index (χ4n) is 1.62. The van der Waals surface area contributed by atoms with Crippen molar-refractivity contribution in [2.75, 3.05) is 26.8 Å². The van der Waals surface area contributed by atoms with E-state index in [4.69, 9.17) is 4.74 Å². The van der Waals surface area contributed by atoms with Gasteiger partial charge in [-0.2, -0.15) is 0 Å². The quantitative estimate of drug-likeness (QED) is 0.803. The van der Waals surface area contributed by atoms with Gasteiger partial charge in [-0.1, -0.05) is 18.2 Å². The third kappa shape index (κ3) is 3.93. The summed E-state index contributed by atoms with van der Waals surface area (Å²) in [5.41, 5.74) is 0. The maximum atomic E-state index is 9.99. The number of aliphatic hydroxyl groups excluding tert-OH is 1. The lowest BCUT2D eigenvalue weighted by Crippen LogP contribution is -2.16. The molecule has 0 fully saturated rings. The van der Waals surface area contributed by atoms with E-state index in [0.717, 1.165) is 11.4 Å². The van der Waals surface area contributed by atoms with E-state index in [9.17, 15) is 5.11 Å². The first-order chi connectivity index (χ1) is 8.31. The van der Waals surface area contributed by atoms with Crippen LogP contribution < -0.4 is 5.32 Å². The van der Waals surface area contributed by atoms with E-state index >= 15 is 0 Å². The van der Waals surface area contributed by atoms with Crippen molar-refractivity contribution in [1.82, 2.24) is 5.32 Å². The number of fused-ring (bicyclic) bond motifs is 1. The van der Waals surface area contributed by atoms with Gasteiger partial charge in [-0.25, -0.2) is 0 Å². The second-order valence-corrected chi connectivity index (χ2v) is 5.00. The highest BCUT2D eigenvalue weighted by molar-refractivity contribution is 7.19. The maximum absolute atomic E-state index is 9.99. The summed E-state index contributed by atoms with van der Waals surface area (Å²) < 4.78 is 6.59. The minimum absolute atomic E-state index is 0. The monoisotopic (exact) mass is 287 g/mol. The van der Waals surface area contributed by atoms with Gasteiger partial charge in [-0.05, 0) is 24.6 Å². The van der Waals surface area contributed by atoms with Gasteiger partial charge in [0.05, 0.1) is 13.2 Å². The maximum Gasteiger partial charge on any atom is 0.111 e. The highest BCUT2D eigenvalue weighted by Gasteiger charge is 2.11. The van der Waals surface area contributed by atoms with Crippen LogP contribution in [0.25, 0.3) is 10.1 Å². The summed E-state index contributed by atoms with van der Waals surface area (Å²) in [6, 6.07) is 10.2. The van der Waals surface area contributed by atoms with Gasteiger partial charge in [0.15, 0.2) is 0 Å². The molecule has 0 spiro atoms. The van der Waals surface area contributed by atoms with Crippen molar-refractivity contribution < 1.29 is 9.84 Å². The predicted molar refractivity (Wildman–Crippen MR) is 78.8 cm³/mol. The van der Waals surface area contributed by atoms with Gasteiger partial charge in [-0.15, -0.1) is 23.7 Å². The molecule has 1 aromatic carbocycles. The molecule has 0 radical (unpaired) electrons. The zero-order valence-electron chi connectivity index (χ0n) is 10.3. The van der Waals surface area contributed by atoms with Gasteiger partial charge in [-0.3, -0.25) is 0 Å². The van der Waals surface area contributed by atoms with Gasteiger partial charge >= 0.3 is 0 Å². The van der Waals surface area contributed by atoms with Crippen LogP contribution in [0.15, 0.2) is 30.3 Å². The smallest absolute Gasteiger partial charge is 0.111 e. The van der Waals surface area contributed by atoms with Crippen molar-refractivity contribution in [3.63, 3.8) is 0 Å². The van der Waals surface area contributed by atoms with Crippen molar-refractivity contribution in [2.24, 2.45) is 0 Å². The molecule has 2 aromatic rings. The molecule has 0 amide bonds. The van der Waals surface area contributed by atoms with Crippen molar-refractivity contribution in [2.45, 2.75) is 6.10 Å². The molecule has 5 heteroatoms. The van der Waals surface area contributed by atoms with Crippen LogP contribution in [0.3, 0.4) is 0 Å². The average molecular weight is 288 g/mol. The van der Waals surface area contributed by atoms with Crippen molar-refractivity contribution >= 4 is 33.8 Å². The molecule has 0 saturated heterocycles. The van der Waals surface area contributed by atoms with Crippen molar-refractivity contribution in [3.05, 3.63) is 35.2 Å². The number of halogens is 1. The van der Waals surface area contributed by atoms with Crippen LogP contribution in [0.1, 0.15) is 11.0 Å². The fraction of sp³-hybridized carbons (Fsp3) is 0.385. The van der Waals surface area contributed by atoms with Gasteiger partial charge in [0, 0.05) is 16.1 Å². The predicted octanol–water partition coefficient (Wildman–Crippen LogP) is 2.59. The number of likely N-dealkylation sites (N-methyl/N-ethyl adjacent to an activating group) is 1. The second-order valence-electron chi connectivity index (χ2n) is 3.88. The van der Waals surface area contributed by atoms with Crippen LogP contribution in [-0.2, 0) is 4.74 Å². The van der Waals surface area contributed by atoms with Crippen LogP contribution in [0.4, 0.5) is 0 Å². The summed E-state index contributed by atoms with van der Waals surface area (Å²) in [4.78, 5) is 0.968. The first-order valence-corrected chi connectivity index (χ1v) is 6.52. The minimum atomic E-state index is -0.524. The lowest BCUT2D eigenvalue weighted by molar-refractivity contribution is 0.0397. The number of aliphatic hydroxyl groups is 1. The third-order valence-electron chi connectivity index (χ3n) is 2.55. The largest absolute Gasteiger partial charge is 0.385 e. The Morgan fingerprint density at radius 3 is 2.89 bits per heavy atom. The Labute approximate surface area is 117 Å². The van der Waals surface area contributed by atoms with Crippen LogP contribution >= 0.6 is 23.7 Å². The Kier molecular flexibility index (Phi) is 6.60. The number of benzene rings is 1. The Morgan fingerprint density at radius 2 is 2.17 bits per heavy atom. The molecule has 1 aromatic heterocycles. The summed E-state index contributed by atoms with van der Waals surface area (Å²) in [7, 11) is 1.88. The molecule has 18 heavy (non-hydrogen) atoms. The van der Waals surface area contributed by atoms with Crippen LogP contribution in [0.5, 0.6) is 0 Å². The molecule has 1 atom stereocenters. The molecular formula is C13H18ClNO2S.